The van der Waals surface area contributed by atoms with Crippen LogP contribution < -0.4 is 5.32 Å². The predicted octanol–water partition coefficient (Wildman–Crippen LogP) is -0.176. The van der Waals surface area contributed by atoms with E-state index in [9.17, 15) is 16.8 Å². The summed E-state index contributed by atoms with van der Waals surface area (Å²) in [7, 11) is -6.94. The molecule has 0 radical (unpaired) electrons. The van der Waals surface area contributed by atoms with E-state index in [1.807, 2.05) is 6.07 Å². The second kappa shape index (κ2) is 7.69. The van der Waals surface area contributed by atoms with Crippen LogP contribution in [0.5, 0.6) is 0 Å². The van der Waals surface area contributed by atoms with E-state index in [-0.39, 0.29) is 30.0 Å². The van der Waals surface area contributed by atoms with Crippen LogP contribution in [0.25, 0.3) is 0 Å². The molecular weight excluding hydrogens is 350 g/mol. The van der Waals surface area contributed by atoms with Crippen LogP contribution in [-0.2, 0) is 19.9 Å². The Kier molecular flexibility index (Phi) is 6.75. The monoisotopic (exact) mass is 369 g/mol. The number of rotatable bonds is 5. The Balaban J connectivity index is 0.00000242. The summed E-state index contributed by atoms with van der Waals surface area (Å²) in [5.74, 6) is -0.748. The van der Waals surface area contributed by atoms with E-state index in [0.717, 1.165) is 11.8 Å². The molecule has 10 heteroatoms. The first kappa shape index (κ1) is 19.3. The molecule has 1 fully saturated rings. The van der Waals surface area contributed by atoms with Crippen LogP contribution in [0, 0.1) is 0 Å². The summed E-state index contributed by atoms with van der Waals surface area (Å²) in [6.45, 7) is 1.37. The lowest BCUT2D eigenvalue weighted by Crippen LogP contribution is -2.49. The smallest absolute Gasteiger partial charge is 0.215 e. The van der Waals surface area contributed by atoms with Crippen molar-refractivity contribution in [3.8, 4) is 0 Å². The SMILES string of the molecule is CS(=O)(=O)CCS(=O)(=O)N1CCNCC1c1cccnc1.Cl. The summed E-state index contributed by atoms with van der Waals surface area (Å²) in [6, 6.07) is 3.23. The first-order chi connectivity index (χ1) is 9.80. The molecule has 22 heavy (non-hydrogen) atoms. The van der Waals surface area contributed by atoms with E-state index in [0.29, 0.717) is 19.6 Å². The van der Waals surface area contributed by atoms with Gasteiger partial charge in [0.1, 0.15) is 9.84 Å². The third-order valence-corrected chi connectivity index (χ3v) is 6.41. The number of sulfone groups is 1. The summed E-state index contributed by atoms with van der Waals surface area (Å²) in [6.07, 6.45) is 4.30. The van der Waals surface area contributed by atoms with Gasteiger partial charge in [-0.1, -0.05) is 6.07 Å². The minimum absolute atomic E-state index is 0. The lowest BCUT2D eigenvalue weighted by Gasteiger charge is -2.35. The zero-order chi connectivity index (χ0) is 15.5. The molecule has 0 aliphatic carbocycles. The highest BCUT2D eigenvalue weighted by molar-refractivity contribution is 7.93. The topological polar surface area (TPSA) is 96.4 Å². The fourth-order valence-electron chi connectivity index (χ4n) is 2.25. The maximum atomic E-state index is 12.4. The summed E-state index contributed by atoms with van der Waals surface area (Å²) < 4.78 is 48.7. The van der Waals surface area contributed by atoms with Crippen molar-refractivity contribution in [1.82, 2.24) is 14.6 Å². The van der Waals surface area contributed by atoms with E-state index < -0.39 is 19.9 Å². The molecule has 1 atom stereocenters. The Bertz CT molecular complexity index is 680. The molecule has 1 aromatic rings. The average molecular weight is 370 g/mol. The Morgan fingerprint density at radius 1 is 1.32 bits per heavy atom. The van der Waals surface area contributed by atoms with E-state index in [4.69, 9.17) is 0 Å². The van der Waals surface area contributed by atoms with Gasteiger partial charge in [-0.15, -0.1) is 12.4 Å². The lowest BCUT2D eigenvalue weighted by atomic mass is 10.1. The highest BCUT2D eigenvalue weighted by atomic mass is 35.5. The molecule has 126 valence electrons. The second-order valence-electron chi connectivity index (χ2n) is 5.06. The molecule has 0 bridgehead atoms. The van der Waals surface area contributed by atoms with Crippen molar-refractivity contribution in [2.45, 2.75) is 6.04 Å². The molecule has 7 nitrogen and oxygen atoms in total. The van der Waals surface area contributed by atoms with Crippen molar-refractivity contribution >= 4 is 32.3 Å². The minimum atomic E-state index is -3.63. The van der Waals surface area contributed by atoms with Crippen molar-refractivity contribution in [1.29, 1.82) is 0 Å². The maximum Gasteiger partial charge on any atom is 0.215 e. The number of hydrogen-bond acceptors (Lipinski definition) is 6. The fraction of sp³-hybridized carbons (Fsp3) is 0.583. The molecule has 0 aromatic carbocycles. The summed E-state index contributed by atoms with van der Waals surface area (Å²) in [5.41, 5.74) is 0.799. The quantitative estimate of drug-likeness (QED) is 0.773. The first-order valence-electron chi connectivity index (χ1n) is 6.57. The number of piperazine rings is 1. The van der Waals surface area contributed by atoms with Gasteiger partial charge in [-0.2, -0.15) is 4.31 Å². The van der Waals surface area contributed by atoms with Gasteiger partial charge in [0.25, 0.3) is 0 Å². The van der Waals surface area contributed by atoms with Gasteiger partial charge < -0.3 is 5.32 Å². The number of aromatic nitrogens is 1. The Morgan fingerprint density at radius 3 is 2.64 bits per heavy atom. The Hall–Kier alpha value is -0.740. The molecule has 0 saturated carbocycles. The maximum absolute atomic E-state index is 12.4. The van der Waals surface area contributed by atoms with Crippen LogP contribution in [-0.4, -0.2) is 63.5 Å². The zero-order valence-electron chi connectivity index (χ0n) is 12.2. The van der Waals surface area contributed by atoms with E-state index in [2.05, 4.69) is 10.3 Å². The van der Waals surface area contributed by atoms with Crippen molar-refractivity contribution in [3.05, 3.63) is 30.1 Å². The molecule has 2 heterocycles. The van der Waals surface area contributed by atoms with E-state index in [1.54, 1.807) is 18.5 Å². The number of nitrogens with one attached hydrogen (secondary N) is 1. The Labute approximate surface area is 137 Å². The van der Waals surface area contributed by atoms with Crippen molar-refractivity contribution in [3.63, 3.8) is 0 Å². The van der Waals surface area contributed by atoms with Gasteiger partial charge in [0, 0.05) is 38.3 Å². The third kappa shape index (κ3) is 5.17. The zero-order valence-corrected chi connectivity index (χ0v) is 14.6. The van der Waals surface area contributed by atoms with Crippen LogP contribution in [0.2, 0.25) is 0 Å². The normalized spacial score (nSPS) is 20.3. The number of pyridine rings is 1. The standard InChI is InChI=1S/C12H19N3O4S2.ClH/c1-20(16,17)7-8-21(18,19)15-6-5-14-10-12(15)11-3-2-4-13-9-11;/h2-4,9,12,14H,5-8,10H2,1H3;1H. The molecular formula is C12H20ClN3O4S2. The van der Waals surface area contributed by atoms with Gasteiger partial charge >= 0.3 is 0 Å². The van der Waals surface area contributed by atoms with Gasteiger partial charge in [-0.05, 0) is 11.6 Å². The predicted molar refractivity (Wildman–Crippen MR) is 87.3 cm³/mol. The molecule has 0 spiro atoms. The molecule has 2 rings (SSSR count). The minimum Gasteiger partial charge on any atom is -0.313 e. The Morgan fingerprint density at radius 2 is 2.05 bits per heavy atom. The van der Waals surface area contributed by atoms with Gasteiger partial charge in [-0.25, -0.2) is 16.8 Å². The van der Waals surface area contributed by atoms with Crippen LogP contribution in [0.15, 0.2) is 24.5 Å². The fourth-order valence-corrected chi connectivity index (χ4v) is 5.49. The summed E-state index contributed by atoms with van der Waals surface area (Å²) in [5, 5.41) is 3.16. The lowest BCUT2D eigenvalue weighted by molar-refractivity contribution is 0.271. The molecule has 1 N–H and O–H groups in total. The van der Waals surface area contributed by atoms with E-state index in [1.165, 1.54) is 4.31 Å². The number of halogens is 1. The number of nitrogens with zero attached hydrogens (tertiary/aromatic N) is 2. The average Bonchev–Trinajstić information content (AvgIpc) is 2.46. The van der Waals surface area contributed by atoms with Crippen LogP contribution in [0.4, 0.5) is 0 Å². The van der Waals surface area contributed by atoms with Crippen LogP contribution in [0.1, 0.15) is 11.6 Å². The van der Waals surface area contributed by atoms with Gasteiger partial charge in [0.05, 0.1) is 17.5 Å². The van der Waals surface area contributed by atoms with E-state index >= 15 is 0 Å². The summed E-state index contributed by atoms with van der Waals surface area (Å²) in [4.78, 5) is 4.02. The highest BCUT2D eigenvalue weighted by Gasteiger charge is 2.33. The van der Waals surface area contributed by atoms with Crippen LogP contribution in [0.3, 0.4) is 0 Å². The number of hydrogen-bond donors (Lipinski definition) is 1. The van der Waals surface area contributed by atoms with Gasteiger partial charge in [0.15, 0.2) is 0 Å². The van der Waals surface area contributed by atoms with Gasteiger partial charge in [0.2, 0.25) is 10.0 Å². The van der Waals surface area contributed by atoms with Crippen molar-refractivity contribution in [2.75, 3.05) is 37.4 Å². The van der Waals surface area contributed by atoms with Crippen LogP contribution >= 0.6 is 12.4 Å². The van der Waals surface area contributed by atoms with Crippen molar-refractivity contribution in [2.24, 2.45) is 0 Å². The third-order valence-electron chi connectivity index (χ3n) is 3.33. The molecule has 1 aromatic heterocycles. The molecule has 1 saturated heterocycles. The number of sulfonamides is 1. The summed E-state index contributed by atoms with van der Waals surface area (Å²) >= 11 is 0. The highest BCUT2D eigenvalue weighted by Crippen LogP contribution is 2.24. The second-order valence-corrected chi connectivity index (χ2v) is 9.36. The molecule has 0 amide bonds. The molecule has 1 aliphatic heterocycles. The molecule has 1 unspecified atom stereocenters. The largest absolute Gasteiger partial charge is 0.313 e. The van der Waals surface area contributed by atoms with Crippen molar-refractivity contribution < 1.29 is 16.8 Å². The van der Waals surface area contributed by atoms with Gasteiger partial charge in [-0.3, -0.25) is 4.98 Å². The first-order valence-corrected chi connectivity index (χ1v) is 10.2. The molecule has 1 aliphatic rings.